The molecule has 0 radical (unpaired) electrons. The van der Waals surface area contributed by atoms with Crippen LogP contribution in [0.2, 0.25) is 0 Å². The summed E-state index contributed by atoms with van der Waals surface area (Å²) < 4.78 is 5.41. The van der Waals surface area contributed by atoms with Crippen LogP contribution < -0.4 is 9.75 Å². The molecule has 0 unspecified atom stereocenters. The molecule has 0 atom stereocenters. The van der Waals surface area contributed by atoms with Gasteiger partial charge in [0.2, 0.25) is 0 Å². The number of ether oxygens (including phenoxy) is 1. The molecular weight excluding hydrogens is 300 g/mol. The zero-order valence-electron chi connectivity index (χ0n) is 13.3. The fourth-order valence-corrected chi connectivity index (χ4v) is 2.41. The highest BCUT2D eigenvalue weighted by atomic mass is 16.5. The highest BCUT2D eigenvalue weighted by Crippen LogP contribution is 2.25. The minimum atomic E-state index is -0.145. The van der Waals surface area contributed by atoms with Gasteiger partial charge in [-0.1, -0.05) is 36.3 Å². The van der Waals surface area contributed by atoms with Gasteiger partial charge in [0.1, 0.15) is 12.4 Å². The zero-order valence-corrected chi connectivity index (χ0v) is 13.3. The van der Waals surface area contributed by atoms with E-state index in [1.54, 1.807) is 0 Å². The van der Waals surface area contributed by atoms with Gasteiger partial charge in [0.15, 0.2) is 0 Å². The second kappa shape index (κ2) is 6.84. The van der Waals surface area contributed by atoms with Crippen LogP contribution in [0, 0.1) is 12.3 Å². The molecule has 3 rings (SSSR count). The van der Waals surface area contributed by atoms with Crippen LogP contribution in [0.4, 0.5) is 5.69 Å². The molecule has 4 nitrogen and oxygen atoms in total. The Kier molecular flexibility index (Phi) is 4.44. The molecule has 0 N–H and O–H groups in total. The van der Waals surface area contributed by atoms with Crippen LogP contribution in [0.3, 0.4) is 0 Å². The van der Waals surface area contributed by atoms with Gasteiger partial charge in [-0.15, -0.1) is 6.42 Å². The van der Waals surface area contributed by atoms with Crippen LogP contribution >= 0.6 is 0 Å². The maximum atomic E-state index is 12.7. The summed E-state index contributed by atoms with van der Waals surface area (Å²) in [5.41, 5.74) is 2.85. The second-order valence-electron chi connectivity index (χ2n) is 5.26. The Morgan fingerprint density at radius 2 is 2.00 bits per heavy atom. The standard InChI is InChI=1S/C20H16N2O2/c1-3-12-24-18-11-7-8-16(13-18)14-19-15(2)21-22(20(19)23)17-9-5-4-6-10-17/h1,4-11,13-14H,12H2,2H3/b19-14+. The third-order valence-electron chi connectivity index (χ3n) is 3.55. The van der Waals surface area contributed by atoms with E-state index in [0.29, 0.717) is 17.0 Å². The lowest BCUT2D eigenvalue weighted by molar-refractivity contribution is -0.114. The van der Waals surface area contributed by atoms with Crippen LogP contribution in [-0.4, -0.2) is 18.2 Å². The third-order valence-corrected chi connectivity index (χ3v) is 3.55. The van der Waals surface area contributed by atoms with Crippen LogP contribution in [0.25, 0.3) is 6.08 Å². The molecule has 4 heteroatoms. The first-order valence-electron chi connectivity index (χ1n) is 7.52. The van der Waals surface area contributed by atoms with Gasteiger partial charge in [0, 0.05) is 0 Å². The van der Waals surface area contributed by atoms with Crippen molar-refractivity contribution in [1.82, 2.24) is 0 Å². The number of amides is 1. The quantitative estimate of drug-likeness (QED) is 0.640. The lowest BCUT2D eigenvalue weighted by Crippen LogP contribution is -2.21. The lowest BCUT2D eigenvalue weighted by atomic mass is 10.1. The van der Waals surface area contributed by atoms with Gasteiger partial charge >= 0.3 is 0 Å². The first kappa shape index (κ1) is 15.6. The molecule has 0 saturated carbocycles. The molecule has 0 saturated heterocycles. The van der Waals surface area contributed by atoms with Gasteiger partial charge in [-0.05, 0) is 42.8 Å². The SMILES string of the molecule is C#CCOc1cccc(/C=C2/C(=O)N(c3ccccc3)N=C2C)c1. The van der Waals surface area contributed by atoms with E-state index in [-0.39, 0.29) is 12.5 Å². The number of para-hydroxylation sites is 1. The number of benzene rings is 2. The Morgan fingerprint density at radius 3 is 2.75 bits per heavy atom. The van der Waals surface area contributed by atoms with Gasteiger partial charge in [-0.25, -0.2) is 0 Å². The van der Waals surface area contributed by atoms with Crippen molar-refractivity contribution in [1.29, 1.82) is 0 Å². The van der Waals surface area contributed by atoms with Crippen molar-refractivity contribution in [2.45, 2.75) is 6.92 Å². The van der Waals surface area contributed by atoms with E-state index in [1.807, 2.05) is 67.6 Å². The minimum absolute atomic E-state index is 0.145. The van der Waals surface area contributed by atoms with Crippen molar-refractivity contribution in [3.63, 3.8) is 0 Å². The number of rotatable bonds is 4. The molecule has 0 fully saturated rings. The molecule has 1 aliphatic heterocycles. The smallest absolute Gasteiger partial charge is 0.280 e. The number of anilines is 1. The molecule has 118 valence electrons. The van der Waals surface area contributed by atoms with Crippen molar-refractivity contribution in [3.8, 4) is 18.1 Å². The number of hydrogen-bond acceptors (Lipinski definition) is 3. The Labute approximate surface area is 141 Å². The number of carbonyl (C=O) groups is 1. The number of nitrogens with zero attached hydrogens (tertiary/aromatic N) is 2. The maximum Gasteiger partial charge on any atom is 0.280 e. The van der Waals surface area contributed by atoms with Gasteiger partial charge in [0.05, 0.1) is 17.0 Å². The molecule has 2 aromatic rings. The summed E-state index contributed by atoms with van der Waals surface area (Å²) in [6.45, 7) is 2.03. The third kappa shape index (κ3) is 3.21. The van der Waals surface area contributed by atoms with E-state index in [1.165, 1.54) is 5.01 Å². The van der Waals surface area contributed by atoms with Crippen LogP contribution in [-0.2, 0) is 4.79 Å². The number of hydrazone groups is 1. The highest BCUT2D eigenvalue weighted by molar-refractivity contribution is 6.32. The molecule has 0 bridgehead atoms. The molecule has 0 spiro atoms. The molecule has 0 aromatic heterocycles. The van der Waals surface area contributed by atoms with Crippen molar-refractivity contribution in [3.05, 3.63) is 65.7 Å². The second-order valence-corrected chi connectivity index (χ2v) is 5.26. The predicted octanol–water partition coefficient (Wildman–Crippen LogP) is 3.50. The molecule has 24 heavy (non-hydrogen) atoms. The average Bonchev–Trinajstić information content (AvgIpc) is 2.89. The Hall–Kier alpha value is -3.32. The van der Waals surface area contributed by atoms with Crippen molar-refractivity contribution in [2.24, 2.45) is 5.10 Å². The maximum absolute atomic E-state index is 12.7. The predicted molar refractivity (Wildman–Crippen MR) is 95.8 cm³/mol. The van der Waals surface area contributed by atoms with E-state index in [9.17, 15) is 4.79 Å². The van der Waals surface area contributed by atoms with Crippen molar-refractivity contribution >= 4 is 23.4 Å². The molecule has 0 aliphatic carbocycles. The molecule has 1 heterocycles. The van der Waals surface area contributed by atoms with Gasteiger partial charge in [0.25, 0.3) is 5.91 Å². The fraction of sp³-hybridized carbons (Fsp3) is 0.100. The Morgan fingerprint density at radius 1 is 1.21 bits per heavy atom. The lowest BCUT2D eigenvalue weighted by Gasteiger charge is -2.11. The topological polar surface area (TPSA) is 41.9 Å². The zero-order chi connectivity index (χ0) is 16.9. The van der Waals surface area contributed by atoms with Crippen molar-refractivity contribution in [2.75, 3.05) is 11.6 Å². The van der Waals surface area contributed by atoms with Gasteiger partial charge in [-0.3, -0.25) is 4.79 Å². The van der Waals surface area contributed by atoms with Crippen LogP contribution in [0.15, 0.2) is 65.3 Å². The van der Waals surface area contributed by atoms with E-state index >= 15 is 0 Å². The van der Waals surface area contributed by atoms with Crippen molar-refractivity contribution < 1.29 is 9.53 Å². The summed E-state index contributed by atoms with van der Waals surface area (Å²) in [5, 5.41) is 5.78. The van der Waals surface area contributed by atoms with E-state index in [2.05, 4.69) is 11.0 Å². The summed E-state index contributed by atoms with van der Waals surface area (Å²) in [6.07, 6.45) is 7.01. The normalized spacial score (nSPS) is 15.3. The first-order chi connectivity index (χ1) is 11.7. The fourth-order valence-electron chi connectivity index (χ4n) is 2.41. The summed E-state index contributed by atoms with van der Waals surface area (Å²) in [4.78, 5) is 12.7. The minimum Gasteiger partial charge on any atom is -0.481 e. The molecule has 1 aliphatic rings. The van der Waals surface area contributed by atoms with E-state index < -0.39 is 0 Å². The van der Waals surface area contributed by atoms with E-state index in [4.69, 9.17) is 11.2 Å². The molecular formula is C20H16N2O2. The largest absolute Gasteiger partial charge is 0.481 e. The summed E-state index contributed by atoms with van der Waals surface area (Å²) >= 11 is 0. The Bertz CT molecular complexity index is 861. The number of hydrogen-bond donors (Lipinski definition) is 0. The first-order valence-corrected chi connectivity index (χ1v) is 7.52. The average molecular weight is 316 g/mol. The molecule has 2 aromatic carbocycles. The van der Waals surface area contributed by atoms with Gasteiger partial charge in [-0.2, -0.15) is 10.1 Å². The summed E-state index contributed by atoms with van der Waals surface area (Å²) in [7, 11) is 0. The summed E-state index contributed by atoms with van der Waals surface area (Å²) in [6, 6.07) is 16.8. The van der Waals surface area contributed by atoms with E-state index in [0.717, 1.165) is 11.3 Å². The summed E-state index contributed by atoms with van der Waals surface area (Å²) in [5.74, 6) is 2.95. The van der Waals surface area contributed by atoms with Crippen LogP contribution in [0.1, 0.15) is 12.5 Å². The number of carbonyl (C=O) groups excluding carboxylic acids is 1. The highest BCUT2D eigenvalue weighted by Gasteiger charge is 2.28. The Balaban J connectivity index is 1.88. The van der Waals surface area contributed by atoms with Crippen LogP contribution in [0.5, 0.6) is 5.75 Å². The van der Waals surface area contributed by atoms with Gasteiger partial charge < -0.3 is 4.74 Å². The monoisotopic (exact) mass is 316 g/mol. The molecule has 1 amide bonds. The number of terminal acetylenes is 1.